The second-order valence-corrected chi connectivity index (χ2v) is 9.47. The number of hydrogen-bond donors (Lipinski definition) is 0. The molecule has 2 aromatic carbocycles. The van der Waals surface area contributed by atoms with Crippen molar-refractivity contribution in [3.05, 3.63) is 81.5 Å². The summed E-state index contributed by atoms with van der Waals surface area (Å²) in [5.74, 6) is 0.482. The fourth-order valence-corrected chi connectivity index (χ4v) is 5.51. The molecule has 7 heteroatoms. The number of piperazine rings is 1. The first kappa shape index (κ1) is 21.7. The van der Waals surface area contributed by atoms with Crippen molar-refractivity contribution in [3.63, 3.8) is 0 Å². The maximum absolute atomic E-state index is 13.4. The molecule has 1 aromatic heterocycles. The van der Waals surface area contributed by atoms with Gasteiger partial charge in [0.15, 0.2) is 0 Å². The van der Waals surface area contributed by atoms with Gasteiger partial charge in [0, 0.05) is 37.6 Å². The van der Waals surface area contributed by atoms with E-state index in [0.717, 1.165) is 49.0 Å². The van der Waals surface area contributed by atoms with Gasteiger partial charge in [-0.25, -0.2) is 0 Å². The van der Waals surface area contributed by atoms with Gasteiger partial charge in [-0.05, 0) is 48.2 Å². The summed E-state index contributed by atoms with van der Waals surface area (Å²) in [4.78, 5) is 33.7. The zero-order valence-corrected chi connectivity index (χ0v) is 19.7. The number of amides is 2. The SMILES string of the molecule is COc1cccc(CN2CCN(c3cccc4c3C(=O)N([C@H](C)c3cccs3)C4=O)CC2)c1. The monoisotopic (exact) mass is 461 g/mol. The van der Waals surface area contributed by atoms with Gasteiger partial charge in [-0.3, -0.25) is 19.4 Å². The van der Waals surface area contributed by atoms with Crippen LogP contribution in [0.1, 0.15) is 44.1 Å². The van der Waals surface area contributed by atoms with Gasteiger partial charge in [0.1, 0.15) is 5.75 Å². The molecule has 1 fully saturated rings. The van der Waals surface area contributed by atoms with Gasteiger partial charge in [0.2, 0.25) is 0 Å². The summed E-state index contributed by atoms with van der Waals surface area (Å²) in [6, 6.07) is 17.5. The predicted octanol–water partition coefficient (Wildman–Crippen LogP) is 4.44. The molecule has 0 N–H and O–H groups in total. The smallest absolute Gasteiger partial charge is 0.264 e. The first-order chi connectivity index (χ1) is 16.1. The van der Waals surface area contributed by atoms with E-state index in [1.807, 2.05) is 48.7 Å². The van der Waals surface area contributed by atoms with E-state index in [-0.39, 0.29) is 17.9 Å². The summed E-state index contributed by atoms with van der Waals surface area (Å²) in [5.41, 5.74) is 3.15. The normalized spacial score (nSPS) is 17.4. The number of benzene rings is 2. The quantitative estimate of drug-likeness (QED) is 0.508. The molecule has 0 aliphatic carbocycles. The van der Waals surface area contributed by atoms with Crippen LogP contribution in [-0.2, 0) is 6.54 Å². The Hall–Kier alpha value is -3.16. The Balaban J connectivity index is 1.32. The van der Waals surface area contributed by atoms with Crippen LogP contribution in [0.25, 0.3) is 0 Å². The Morgan fingerprint density at radius 1 is 0.970 bits per heavy atom. The number of nitrogens with zero attached hydrogens (tertiary/aromatic N) is 3. The highest BCUT2D eigenvalue weighted by molar-refractivity contribution is 7.10. The number of ether oxygens (including phenoxy) is 1. The summed E-state index contributed by atoms with van der Waals surface area (Å²) in [6.45, 7) is 6.17. The fourth-order valence-electron chi connectivity index (χ4n) is 4.73. The molecule has 0 unspecified atom stereocenters. The minimum absolute atomic E-state index is 0.190. The van der Waals surface area contributed by atoms with Crippen LogP contribution in [-0.4, -0.2) is 54.9 Å². The van der Waals surface area contributed by atoms with Crippen molar-refractivity contribution in [2.45, 2.75) is 19.5 Å². The minimum Gasteiger partial charge on any atom is -0.497 e. The number of hydrogen-bond acceptors (Lipinski definition) is 6. The molecule has 5 rings (SSSR count). The Labute approximate surface area is 198 Å². The molecule has 0 radical (unpaired) electrons. The predicted molar refractivity (Wildman–Crippen MR) is 130 cm³/mol. The van der Waals surface area contributed by atoms with E-state index in [1.54, 1.807) is 24.5 Å². The van der Waals surface area contributed by atoms with E-state index in [2.05, 4.69) is 21.9 Å². The third kappa shape index (κ3) is 4.03. The zero-order chi connectivity index (χ0) is 22.9. The summed E-state index contributed by atoms with van der Waals surface area (Å²) >= 11 is 1.57. The van der Waals surface area contributed by atoms with E-state index in [9.17, 15) is 9.59 Å². The number of anilines is 1. The average molecular weight is 462 g/mol. The molecular formula is C26H27N3O3S. The molecule has 0 bridgehead atoms. The maximum Gasteiger partial charge on any atom is 0.264 e. The number of methoxy groups -OCH3 is 1. The summed E-state index contributed by atoms with van der Waals surface area (Å²) < 4.78 is 5.34. The van der Waals surface area contributed by atoms with Crippen LogP contribution in [0.3, 0.4) is 0 Å². The molecule has 3 aromatic rings. The number of rotatable bonds is 6. The Morgan fingerprint density at radius 3 is 2.48 bits per heavy atom. The van der Waals surface area contributed by atoms with Crippen LogP contribution in [0.15, 0.2) is 60.0 Å². The highest BCUT2D eigenvalue weighted by Crippen LogP contribution is 2.37. The second kappa shape index (κ2) is 9.00. The van der Waals surface area contributed by atoms with Crippen LogP contribution in [0.2, 0.25) is 0 Å². The largest absolute Gasteiger partial charge is 0.497 e. The van der Waals surface area contributed by atoms with E-state index in [1.165, 1.54) is 10.5 Å². The van der Waals surface area contributed by atoms with Gasteiger partial charge >= 0.3 is 0 Å². The first-order valence-corrected chi connectivity index (χ1v) is 12.1. The van der Waals surface area contributed by atoms with Gasteiger partial charge in [0.25, 0.3) is 11.8 Å². The number of fused-ring (bicyclic) bond motifs is 1. The lowest BCUT2D eigenvalue weighted by molar-refractivity contribution is 0.0598. The number of thiophene rings is 1. The molecule has 0 saturated carbocycles. The fraction of sp³-hybridized carbons (Fsp3) is 0.308. The molecule has 6 nitrogen and oxygen atoms in total. The van der Waals surface area contributed by atoms with Crippen molar-refractivity contribution in [3.8, 4) is 5.75 Å². The van der Waals surface area contributed by atoms with Gasteiger partial charge in [-0.2, -0.15) is 0 Å². The lowest BCUT2D eigenvalue weighted by Gasteiger charge is -2.36. The van der Waals surface area contributed by atoms with Crippen molar-refractivity contribution in [1.29, 1.82) is 0 Å². The van der Waals surface area contributed by atoms with Crippen LogP contribution >= 0.6 is 11.3 Å². The third-order valence-corrected chi connectivity index (χ3v) is 7.56. The summed E-state index contributed by atoms with van der Waals surface area (Å²) in [5, 5.41) is 1.97. The number of carbonyl (C=O) groups excluding carboxylic acids is 2. The molecule has 3 heterocycles. The van der Waals surface area contributed by atoms with Crippen molar-refractivity contribution < 1.29 is 14.3 Å². The summed E-state index contributed by atoms with van der Waals surface area (Å²) in [7, 11) is 1.69. The van der Waals surface area contributed by atoms with Gasteiger partial charge in [0.05, 0.1) is 30.0 Å². The Bertz CT molecular complexity index is 1170. The molecule has 0 spiro atoms. The molecule has 2 aliphatic rings. The summed E-state index contributed by atoms with van der Waals surface area (Å²) in [6.07, 6.45) is 0. The lowest BCUT2D eigenvalue weighted by atomic mass is 10.1. The molecular weight excluding hydrogens is 434 g/mol. The highest BCUT2D eigenvalue weighted by Gasteiger charge is 2.41. The molecule has 170 valence electrons. The Kier molecular flexibility index (Phi) is 5.91. The lowest BCUT2D eigenvalue weighted by Crippen LogP contribution is -2.46. The van der Waals surface area contributed by atoms with E-state index in [0.29, 0.717) is 11.1 Å². The Morgan fingerprint density at radius 2 is 1.76 bits per heavy atom. The first-order valence-electron chi connectivity index (χ1n) is 11.2. The standard InChI is InChI=1S/C26H27N3O3S/c1-18(23-10-5-15-33-23)29-25(30)21-8-4-9-22(24(21)26(29)31)28-13-11-27(12-14-28)17-19-6-3-7-20(16-19)32-2/h3-10,15-16,18H,11-14,17H2,1-2H3/t18-/m1/s1. The van der Waals surface area contributed by atoms with Gasteiger partial charge in [-0.15, -0.1) is 11.3 Å². The van der Waals surface area contributed by atoms with E-state index >= 15 is 0 Å². The second-order valence-electron chi connectivity index (χ2n) is 8.49. The van der Waals surface area contributed by atoms with Crippen LogP contribution in [0.4, 0.5) is 5.69 Å². The van der Waals surface area contributed by atoms with E-state index < -0.39 is 0 Å². The molecule has 33 heavy (non-hydrogen) atoms. The third-order valence-electron chi connectivity index (χ3n) is 6.52. The molecule has 1 atom stereocenters. The van der Waals surface area contributed by atoms with Gasteiger partial charge < -0.3 is 9.64 Å². The van der Waals surface area contributed by atoms with Crippen LogP contribution in [0, 0.1) is 0 Å². The minimum atomic E-state index is -0.273. The van der Waals surface area contributed by atoms with Crippen molar-refractivity contribution in [1.82, 2.24) is 9.80 Å². The van der Waals surface area contributed by atoms with Gasteiger partial charge in [-0.1, -0.05) is 24.3 Å². The topological polar surface area (TPSA) is 53.1 Å². The zero-order valence-electron chi connectivity index (χ0n) is 18.9. The van der Waals surface area contributed by atoms with Crippen molar-refractivity contribution in [2.75, 3.05) is 38.2 Å². The van der Waals surface area contributed by atoms with Crippen molar-refractivity contribution in [2.24, 2.45) is 0 Å². The molecule has 2 aliphatic heterocycles. The highest BCUT2D eigenvalue weighted by atomic mass is 32.1. The van der Waals surface area contributed by atoms with Crippen LogP contribution in [0.5, 0.6) is 5.75 Å². The number of imide groups is 1. The molecule has 1 saturated heterocycles. The van der Waals surface area contributed by atoms with Crippen LogP contribution < -0.4 is 9.64 Å². The number of carbonyl (C=O) groups is 2. The maximum atomic E-state index is 13.4. The van der Waals surface area contributed by atoms with E-state index in [4.69, 9.17) is 4.74 Å². The average Bonchev–Trinajstić information content (AvgIpc) is 3.47. The van der Waals surface area contributed by atoms with Crippen molar-refractivity contribution >= 4 is 28.8 Å². The molecule has 2 amide bonds.